The van der Waals surface area contributed by atoms with E-state index in [-0.39, 0.29) is 5.78 Å². The fourth-order valence-electron chi connectivity index (χ4n) is 1.18. The zero-order valence-corrected chi connectivity index (χ0v) is 8.13. The molecule has 0 aliphatic rings. The molecule has 0 aromatic rings. The molecule has 1 atom stereocenters. The van der Waals surface area contributed by atoms with Gasteiger partial charge in [-0.25, -0.2) is 0 Å². The van der Waals surface area contributed by atoms with E-state index < -0.39 is 0 Å². The number of Topliss-reactive ketones (excluding diaryl/α,β-unsaturated/α-hetero) is 1. The second kappa shape index (κ2) is 5.77. The van der Waals surface area contributed by atoms with Gasteiger partial charge in [-0.05, 0) is 25.2 Å². The summed E-state index contributed by atoms with van der Waals surface area (Å²) in [5.41, 5.74) is 0. The van der Waals surface area contributed by atoms with E-state index in [1.807, 2.05) is 0 Å². The van der Waals surface area contributed by atoms with Crippen molar-refractivity contribution in [2.24, 2.45) is 11.8 Å². The molecular weight excluding hydrogens is 150 g/mol. The minimum absolute atomic E-state index is 0.221. The summed E-state index contributed by atoms with van der Waals surface area (Å²) < 4.78 is 0. The molecule has 0 amide bonds. The van der Waals surface area contributed by atoms with Crippen LogP contribution in [0.4, 0.5) is 0 Å². The molecule has 0 bridgehead atoms. The van der Waals surface area contributed by atoms with Crippen molar-refractivity contribution in [3.63, 3.8) is 0 Å². The van der Waals surface area contributed by atoms with E-state index in [0.29, 0.717) is 24.7 Å². The molecule has 0 aliphatic carbocycles. The summed E-state index contributed by atoms with van der Waals surface area (Å²) in [6.07, 6.45) is 2.05. The Balaban J connectivity index is 3.80. The standard InChI is InChI=1S/C10H17NO/c1-8(2)10(6-7-11)5-4-9(3)12/h8,10H,4-6H2,1-3H3/t10-/m1/s1. The zero-order chi connectivity index (χ0) is 9.56. The maximum Gasteiger partial charge on any atom is 0.129 e. The second-order valence-corrected chi connectivity index (χ2v) is 3.61. The van der Waals surface area contributed by atoms with Crippen LogP contribution in [0, 0.1) is 23.2 Å². The first kappa shape index (κ1) is 11.2. The predicted octanol–water partition coefficient (Wildman–Crippen LogP) is 2.54. The summed E-state index contributed by atoms with van der Waals surface area (Å²) in [5.74, 6) is 1.11. The number of carbonyl (C=O) groups excluding carboxylic acids is 1. The third-order valence-electron chi connectivity index (χ3n) is 2.16. The van der Waals surface area contributed by atoms with Gasteiger partial charge in [0.1, 0.15) is 5.78 Å². The highest BCUT2D eigenvalue weighted by atomic mass is 16.1. The van der Waals surface area contributed by atoms with Gasteiger partial charge in [-0.3, -0.25) is 0 Å². The summed E-state index contributed by atoms with van der Waals surface area (Å²) in [4.78, 5) is 10.7. The van der Waals surface area contributed by atoms with Crippen LogP contribution in [0.2, 0.25) is 0 Å². The summed E-state index contributed by atoms with van der Waals surface area (Å²) in [7, 11) is 0. The van der Waals surface area contributed by atoms with Gasteiger partial charge in [0.25, 0.3) is 0 Å². The third kappa shape index (κ3) is 4.90. The molecule has 0 fully saturated rings. The average molecular weight is 167 g/mol. The van der Waals surface area contributed by atoms with E-state index in [2.05, 4.69) is 19.9 Å². The van der Waals surface area contributed by atoms with Gasteiger partial charge in [0.15, 0.2) is 0 Å². The van der Waals surface area contributed by atoms with Gasteiger partial charge in [0.2, 0.25) is 0 Å². The number of nitrogens with zero attached hydrogens (tertiary/aromatic N) is 1. The maximum atomic E-state index is 10.7. The Hall–Kier alpha value is -0.840. The molecule has 0 aromatic carbocycles. The molecular formula is C10H17NO. The van der Waals surface area contributed by atoms with E-state index in [1.54, 1.807) is 6.92 Å². The monoisotopic (exact) mass is 167 g/mol. The van der Waals surface area contributed by atoms with Crippen LogP contribution < -0.4 is 0 Å². The van der Waals surface area contributed by atoms with Gasteiger partial charge >= 0.3 is 0 Å². The molecule has 2 nitrogen and oxygen atoms in total. The Morgan fingerprint density at radius 1 is 1.50 bits per heavy atom. The second-order valence-electron chi connectivity index (χ2n) is 3.61. The van der Waals surface area contributed by atoms with Crippen molar-refractivity contribution in [1.82, 2.24) is 0 Å². The molecule has 0 spiro atoms. The SMILES string of the molecule is CC(=O)CC[C@H](CC#N)C(C)C. The van der Waals surface area contributed by atoms with Gasteiger partial charge in [-0.2, -0.15) is 5.26 Å². The quantitative estimate of drug-likeness (QED) is 0.631. The minimum Gasteiger partial charge on any atom is -0.300 e. The number of ketones is 1. The van der Waals surface area contributed by atoms with Crippen LogP contribution in [0.15, 0.2) is 0 Å². The van der Waals surface area contributed by atoms with E-state index in [4.69, 9.17) is 5.26 Å². The molecule has 0 saturated carbocycles. The van der Waals surface area contributed by atoms with Gasteiger partial charge in [0, 0.05) is 12.8 Å². The highest BCUT2D eigenvalue weighted by Gasteiger charge is 2.13. The van der Waals surface area contributed by atoms with Crippen LogP contribution >= 0.6 is 0 Å². The number of rotatable bonds is 5. The van der Waals surface area contributed by atoms with E-state index in [0.717, 1.165) is 6.42 Å². The molecule has 0 aromatic heterocycles. The molecule has 0 unspecified atom stereocenters. The zero-order valence-electron chi connectivity index (χ0n) is 8.13. The van der Waals surface area contributed by atoms with Crippen LogP contribution in [0.5, 0.6) is 0 Å². The molecule has 0 heterocycles. The Labute approximate surface area is 74.6 Å². The predicted molar refractivity (Wildman–Crippen MR) is 48.5 cm³/mol. The Kier molecular flexibility index (Phi) is 5.36. The lowest BCUT2D eigenvalue weighted by molar-refractivity contribution is -0.117. The Morgan fingerprint density at radius 3 is 2.42 bits per heavy atom. The summed E-state index contributed by atoms with van der Waals surface area (Å²) in [6.45, 7) is 5.80. The van der Waals surface area contributed by atoms with Crippen molar-refractivity contribution >= 4 is 5.78 Å². The molecule has 0 rings (SSSR count). The Bertz CT molecular complexity index is 179. The highest BCUT2D eigenvalue weighted by Crippen LogP contribution is 2.20. The van der Waals surface area contributed by atoms with E-state index in [9.17, 15) is 4.79 Å². The summed E-state index contributed by atoms with van der Waals surface area (Å²) in [6, 6.07) is 2.16. The van der Waals surface area contributed by atoms with Crippen molar-refractivity contribution in [3.05, 3.63) is 0 Å². The lowest BCUT2D eigenvalue weighted by Crippen LogP contribution is -2.09. The fraction of sp³-hybridized carbons (Fsp3) is 0.800. The maximum absolute atomic E-state index is 10.7. The van der Waals surface area contributed by atoms with Crippen molar-refractivity contribution in [1.29, 1.82) is 5.26 Å². The number of hydrogen-bond acceptors (Lipinski definition) is 2. The van der Waals surface area contributed by atoms with Gasteiger partial charge in [-0.1, -0.05) is 13.8 Å². The molecule has 12 heavy (non-hydrogen) atoms. The lowest BCUT2D eigenvalue weighted by Gasteiger charge is -2.16. The lowest BCUT2D eigenvalue weighted by atomic mass is 9.88. The van der Waals surface area contributed by atoms with Crippen LogP contribution in [-0.4, -0.2) is 5.78 Å². The van der Waals surface area contributed by atoms with Crippen LogP contribution in [0.1, 0.15) is 40.0 Å². The molecule has 68 valence electrons. The first-order valence-corrected chi connectivity index (χ1v) is 4.44. The van der Waals surface area contributed by atoms with Crippen LogP contribution in [0.3, 0.4) is 0 Å². The van der Waals surface area contributed by atoms with Crippen molar-refractivity contribution in [2.75, 3.05) is 0 Å². The number of hydrogen-bond donors (Lipinski definition) is 0. The normalized spacial score (nSPS) is 12.6. The van der Waals surface area contributed by atoms with Crippen LogP contribution in [-0.2, 0) is 4.79 Å². The first-order valence-electron chi connectivity index (χ1n) is 4.44. The number of nitriles is 1. The molecule has 0 radical (unpaired) electrons. The van der Waals surface area contributed by atoms with Gasteiger partial charge < -0.3 is 4.79 Å². The molecule has 0 N–H and O–H groups in total. The molecule has 0 saturated heterocycles. The molecule has 0 aliphatic heterocycles. The van der Waals surface area contributed by atoms with Crippen LogP contribution in [0.25, 0.3) is 0 Å². The van der Waals surface area contributed by atoms with Crippen molar-refractivity contribution in [3.8, 4) is 6.07 Å². The summed E-state index contributed by atoms with van der Waals surface area (Å²) >= 11 is 0. The van der Waals surface area contributed by atoms with Gasteiger partial charge in [-0.15, -0.1) is 0 Å². The minimum atomic E-state index is 0.221. The van der Waals surface area contributed by atoms with E-state index in [1.165, 1.54) is 0 Å². The smallest absolute Gasteiger partial charge is 0.129 e. The largest absolute Gasteiger partial charge is 0.300 e. The summed E-state index contributed by atoms with van der Waals surface area (Å²) in [5, 5.41) is 8.52. The Morgan fingerprint density at radius 2 is 2.08 bits per heavy atom. The highest BCUT2D eigenvalue weighted by molar-refractivity contribution is 5.75. The van der Waals surface area contributed by atoms with E-state index >= 15 is 0 Å². The molecule has 2 heteroatoms. The topological polar surface area (TPSA) is 40.9 Å². The van der Waals surface area contributed by atoms with Crippen molar-refractivity contribution < 1.29 is 4.79 Å². The third-order valence-corrected chi connectivity index (χ3v) is 2.16. The fourth-order valence-corrected chi connectivity index (χ4v) is 1.18. The van der Waals surface area contributed by atoms with Gasteiger partial charge in [0.05, 0.1) is 6.07 Å². The average Bonchev–Trinajstić information content (AvgIpc) is 1.96. The van der Waals surface area contributed by atoms with Crippen molar-refractivity contribution in [2.45, 2.75) is 40.0 Å². The first-order chi connectivity index (χ1) is 5.57. The number of carbonyl (C=O) groups is 1.